The molecule has 3 rings (SSSR count). The van der Waals surface area contributed by atoms with Crippen molar-refractivity contribution in [3.8, 4) is 0 Å². The molecule has 1 aromatic heterocycles. The van der Waals surface area contributed by atoms with Gasteiger partial charge in [0.25, 0.3) is 5.91 Å². The molecule has 3 aromatic rings. The molecule has 1 heterocycles. The van der Waals surface area contributed by atoms with E-state index in [1.165, 1.54) is 24.9 Å². The molecule has 0 atom stereocenters. The van der Waals surface area contributed by atoms with Crippen LogP contribution in [-0.4, -0.2) is 21.8 Å². The van der Waals surface area contributed by atoms with Crippen molar-refractivity contribution in [3.05, 3.63) is 77.7 Å². The minimum absolute atomic E-state index is 0.178. The maximum Gasteiger partial charge on any atom is 0.275 e. The summed E-state index contributed by atoms with van der Waals surface area (Å²) < 4.78 is 0. The number of benzene rings is 2. The van der Waals surface area contributed by atoms with Crippen molar-refractivity contribution < 1.29 is 9.59 Å². The Balaban J connectivity index is 1.59. The maximum atomic E-state index is 12.3. The number of aryl methyl sites for hydroxylation is 1. The lowest BCUT2D eigenvalue weighted by Crippen LogP contribution is -2.15. The van der Waals surface area contributed by atoms with Gasteiger partial charge in [0.2, 0.25) is 5.91 Å². The maximum absolute atomic E-state index is 12.3. The summed E-state index contributed by atoms with van der Waals surface area (Å²) in [5.74, 6) is 0.0328. The largest absolute Gasteiger partial charge is 0.365 e. The van der Waals surface area contributed by atoms with Crippen molar-refractivity contribution in [1.29, 1.82) is 0 Å². The second-order valence-electron chi connectivity index (χ2n) is 6.34. The van der Waals surface area contributed by atoms with Crippen molar-refractivity contribution in [2.45, 2.75) is 20.4 Å². The molecule has 2 amide bonds. The molecule has 0 radical (unpaired) electrons. The fourth-order valence-corrected chi connectivity index (χ4v) is 2.51. The van der Waals surface area contributed by atoms with Crippen LogP contribution in [0.3, 0.4) is 0 Å². The molecule has 7 nitrogen and oxygen atoms in total. The molecule has 0 fully saturated rings. The zero-order chi connectivity index (χ0) is 19.9. The molecule has 0 aliphatic heterocycles. The quantitative estimate of drug-likeness (QED) is 0.612. The first-order valence-corrected chi connectivity index (χ1v) is 8.80. The highest BCUT2D eigenvalue weighted by atomic mass is 16.2. The van der Waals surface area contributed by atoms with Gasteiger partial charge in [-0.3, -0.25) is 9.59 Å². The SMILES string of the molecule is CC(=O)Nc1cccc(NC(=O)c2cnc(NCc3ccc(C)cc3)cn2)c1. The normalized spacial score (nSPS) is 10.2. The summed E-state index contributed by atoms with van der Waals surface area (Å²) in [6.45, 7) is 4.09. The molecule has 0 spiro atoms. The molecule has 0 aliphatic carbocycles. The number of amides is 2. The summed E-state index contributed by atoms with van der Waals surface area (Å²) in [4.78, 5) is 31.9. The topological polar surface area (TPSA) is 96.0 Å². The molecule has 0 saturated carbocycles. The number of aromatic nitrogens is 2. The number of hydrogen-bond donors (Lipinski definition) is 3. The zero-order valence-electron chi connectivity index (χ0n) is 15.7. The van der Waals surface area contributed by atoms with Gasteiger partial charge in [-0.25, -0.2) is 9.97 Å². The molecule has 7 heteroatoms. The number of nitrogens with zero attached hydrogens (tertiary/aromatic N) is 2. The van der Waals surface area contributed by atoms with E-state index in [9.17, 15) is 9.59 Å². The smallest absolute Gasteiger partial charge is 0.275 e. The third-order valence-electron chi connectivity index (χ3n) is 3.92. The minimum Gasteiger partial charge on any atom is -0.365 e. The summed E-state index contributed by atoms with van der Waals surface area (Å²) in [5, 5.41) is 8.59. The van der Waals surface area contributed by atoms with Crippen LogP contribution in [0, 0.1) is 6.92 Å². The van der Waals surface area contributed by atoms with Crippen molar-refractivity contribution in [3.63, 3.8) is 0 Å². The summed E-state index contributed by atoms with van der Waals surface area (Å²) in [6.07, 6.45) is 2.95. The van der Waals surface area contributed by atoms with Crippen LogP contribution in [-0.2, 0) is 11.3 Å². The summed E-state index contributed by atoms with van der Waals surface area (Å²) in [5.41, 5.74) is 3.70. The Hall–Kier alpha value is -3.74. The lowest BCUT2D eigenvalue weighted by Gasteiger charge is -2.08. The Kier molecular flexibility index (Phi) is 5.96. The van der Waals surface area contributed by atoms with Crippen LogP contribution < -0.4 is 16.0 Å². The number of carbonyl (C=O) groups is 2. The van der Waals surface area contributed by atoms with Gasteiger partial charge in [0.1, 0.15) is 11.5 Å². The number of rotatable bonds is 6. The molecule has 0 unspecified atom stereocenters. The highest BCUT2D eigenvalue weighted by molar-refractivity contribution is 6.03. The van der Waals surface area contributed by atoms with Gasteiger partial charge in [-0.05, 0) is 30.7 Å². The molecular weight excluding hydrogens is 354 g/mol. The van der Waals surface area contributed by atoms with Gasteiger partial charge in [0, 0.05) is 24.8 Å². The average Bonchev–Trinajstić information content (AvgIpc) is 2.68. The summed E-state index contributed by atoms with van der Waals surface area (Å²) in [7, 11) is 0. The van der Waals surface area contributed by atoms with Crippen LogP contribution in [0.1, 0.15) is 28.5 Å². The van der Waals surface area contributed by atoms with Crippen molar-refractivity contribution in [2.75, 3.05) is 16.0 Å². The molecule has 0 saturated heterocycles. The molecule has 28 heavy (non-hydrogen) atoms. The lowest BCUT2D eigenvalue weighted by atomic mass is 10.1. The van der Waals surface area contributed by atoms with Gasteiger partial charge in [-0.15, -0.1) is 0 Å². The first-order chi connectivity index (χ1) is 13.5. The first-order valence-electron chi connectivity index (χ1n) is 8.80. The first kappa shape index (κ1) is 19.0. The lowest BCUT2D eigenvalue weighted by molar-refractivity contribution is -0.114. The Bertz CT molecular complexity index is 969. The van der Waals surface area contributed by atoms with Gasteiger partial charge in [0.05, 0.1) is 12.4 Å². The fourth-order valence-electron chi connectivity index (χ4n) is 2.51. The highest BCUT2D eigenvalue weighted by Crippen LogP contribution is 2.16. The van der Waals surface area contributed by atoms with E-state index in [2.05, 4.69) is 38.1 Å². The monoisotopic (exact) mass is 375 g/mol. The Morgan fingerprint density at radius 1 is 0.929 bits per heavy atom. The standard InChI is InChI=1S/C21H21N5O2/c1-14-6-8-16(9-7-14)11-23-20-13-22-19(12-24-20)21(28)26-18-5-3-4-17(10-18)25-15(2)27/h3-10,12-13H,11H2,1-2H3,(H,23,24)(H,25,27)(H,26,28). The van der Waals surface area contributed by atoms with Crippen LogP contribution in [0.25, 0.3) is 0 Å². The van der Waals surface area contributed by atoms with E-state index in [1.54, 1.807) is 24.3 Å². The van der Waals surface area contributed by atoms with Crippen LogP contribution in [0.5, 0.6) is 0 Å². The molecule has 2 aromatic carbocycles. The van der Waals surface area contributed by atoms with Crippen molar-refractivity contribution in [2.24, 2.45) is 0 Å². The minimum atomic E-state index is -0.377. The van der Waals surface area contributed by atoms with E-state index in [0.29, 0.717) is 23.7 Å². The van der Waals surface area contributed by atoms with Crippen LogP contribution in [0.4, 0.5) is 17.2 Å². The van der Waals surface area contributed by atoms with E-state index >= 15 is 0 Å². The van der Waals surface area contributed by atoms with E-state index in [0.717, 1.165) is 5.56 Å². The Morgan fingerprint density at radius 2 is 1.64 bits per heavy atom. The molecule has 3 N–H and O–H groups in total. The molecular formula is C21H21N5O2. The van der Waals surface area contributed by atoms with Crippen LogP contribution in [0.15, 0.2) is 60.9 Å². The number of carbonyl (C=O) groups excluding carboxylic acids is 2. The Labute approximate surface area is 163 Å². The number of anilines is 3. The van der Waals surface area contributed by atoms with Gasteiger partial charge in [0.15, 0.2) is 0 Å². The third-order valence-corrected chi connectivity index (χ3v) is 3.92. The van der Waals surface area contributed by atoms with E-state index < -0.39 is 0 Å². The summed E-state index contributed by atoms with van der Waals surface area (Å²) in [6, 6.07) is 15.1. The molecule has 142 valence electrons. The van der Waals surface area contributed by atoms with Gasteiger partial charge >= 0.3 is 0 Å². The van der Waals surface area contributed by atoms with Crippen LogP contribution in [0.2, 0.25) is 0 Å². The predicted octanol–water partition coefficient (Wildman–Crippen LogP) is 3.61. The predicted molar refractivity (Wildman–Crippen MR) is 109 cm³/mol. The van der Waals surface area contributed by atoms with Crippen molar-refractivity contribution in [1.82, 2.24) is 9.97 Å². The Morgan fingerprint density at radius 3 is 2.29 bits per heavy atom. The highest BCUT2D eigenvalue weighted by Gasteiger charge is 2.09. The second-order valence-corrected chi connectivity index (χ2v) is 6.34. The van der Waals surface area contributed by atoms with Crippen LogP contribution >= 0.6 is 0 Å². The van der Waals surface area contributed by atoms with Gasteiger partial charge < -0.3 is 16.0 Å². The number of nitrogens with one attached hydrogen (secondary N) is 3. The fraction of sp³-hybridized carbons (Fsp3) is 0.143. The van der Waals surface area contributed by atoms with Gasteiger partial charge in [-0.2, -0.15) is 0 Å². The molecule has 0 bridgehead atoms. The zero-order valence-corrected chi connectivity index (χ0v) is 15.7. The summed E-state index contributed by atoms with van der Waals surface area (Å²) >= 11 is 0. The van der Waals surface area contributed by atoms with Gasteiger partial charge in [-0.1, -0.05) is 35.9 Å². The van der Waals surface area contributed by atoms with E-state index in [-0.39, 0.29) is 17.5 Å². The third kappa shape index (κ3) is 5.38. The average molecular weight is 375 g/mol. The molecule has 0 aliphatic rings. The van der Waals surface area contributed by atoms with Crippen molar-refractivity contribution >= 4 is 29.0 Å². The van der Waals surface area contributed by atoms with E-state index in [1.807, 2.05) is 19.1 Å². The van der Waals surface area contributed by atoms with E-state index in [4.69, 9.17) is 0 Å². The number of hydrogen-bond acceptors (Lipinski definition) is 5. The second kappa shape index (κ2) is 8.77.